The van der Waals surface area contributed by atoms with Gasteiger partial charge >= 0.3 is 5.97 Å². The number of rotatable bonds is 2. The van der Waals surface area contributed by atoms with Gasteiger partial charge in [-0.3, -0.25) is 4.79 Å². The van der Waals surface area contributed by atoms with Gasteiger partial charge in [0.25, 0.3) is 0 Å². The fourth-order valence-electron chi connectivity index (χ4n) is 2.86. The number of halogens is 2. The van der Waals surface area contributed by atoms with Crippen molar-refractivity contribution in [2.75, 3.05) is 0 Å². The minimum atomic E-state index is -0.963. The lowest BCUT2D eigenvalue weighted by Gasteiger charge is -2.33. The van der Waals surface area contributed by atoms with Crippen LogP contribution in [0.5, 0.6) is 0 Å². The van der Waals surface area contributed by atoms with Gasteiger partial charge in [-0.05, 0) is 37.3 Å². The third kappa shape index (κ3) is 2.37. The number of carboxylic acid groups (broad SMARTS) is 1. The van der Waals surface area contributed by atoms with E-state index in [1.165, 1.54) is 18.2 Å². The third-order valence-electron chi connectivity index (χ3n) is 3.80. The first-order valence-electron chi connectivity index (χ1n) is 6.17. The molecule has 2 nitrogen and oxygen atoms in total. The summed E-state index contributed by atoms with van der Waals surface area (Å²) in [6.45, 7) is 1.99. The molecule has 1 saturated carbocycles. The van der Waals surface area contributed by atoms with Crippen molar-refractivity contribution in [1.82, 2.24) is 0 Å². The van der Waals surface area contributed by atoms with Crippen molar-refractivity contribution in [3.63, 3.8) is 0 Å². The molecule has 1 fully saturated rings. The van der Waals surface area contributed by atoms with Crippen molar-refractivity contribution in [3.05, 3.63) is 35.4 Å². The van der Waals surface area contributed by atoms with Crippen molar-refractivity contribution >= 4 is 5.97 Å². The molecule has 3 unspecified atom stereocenters. The lowest BCUT2D eigenvalue weighted by Crippen LogP contribution is -2.29. The molecule has 3 atom stereocenters. The first kappa shape index (κ1) is 13.0. The van der Waals surface area contributed by atoms with Crippen LogP contribution in [0.2, 0.25) is 0 Å². The predicted octanol–water partition coefficient (Wildman–Crippen LogP) is 3.57. The van der Waals surface area contributed by atoms with Crippen molar-refractivity contribution in [1.29, 1.82) is 0 Å². The van der Waals surface area contributed by atoms with Gasteiger partial charge in [0.15, 0.2) is 0 Å². The minimum Gasteiger partial charge on any atom is -0.481 e. The zero-order chi connectivity index (χ0) is 13.3. The maximum atomic E-state index is 13.8. The van der Waals surface area contributed by atoms with Crippen molar-refractivity contribution in [2.45, 2.75) is 32.1 Å². The molecule has 1 aromatic rings. The molecular weight excluding hydrogens is 238 g/mol. The molecule has 1 aliphatic rings. The number of hydrogen-bond donors (Lipinski definition) is 1. The van der Waals surface area contributed by atoms with Gasteiger partial charge in [-0.15, -0.1) is 0 Å². The van der Waals surface area contributed by atoms with Gasteiger partial charge in [0.05, 0.1) is 5.92 Å². The molecule has 0 bridgehead atoms. The van der Waals surface area contributed by atoms with Gasteiger partial charge < -0.3 is 5.11 Å². The van der Waals surface area contributed by atoms with Crippen LogP contribution < -0.4 is 0 Å². The zero-order valence-corrected chi connectivity index (χ0v) is 10.2. The molecular formula is C14H16F2O2. The molecule has 0 saturated heterocycles. The Kier molecular flexibility index (Phi) is 3.64. The lowest BCUT2D eigenvalue weighted by atomic mass is 9.71. The highest BCUT2D eigenvalue weighted by atomic mass is 19.1. The molecule has 1 N–H and O–H groups in total. The Balaban J connectivity index is 2.41. The summed E-state index contributed by atoms with van der Waals surface area (Å²) in [7, 11) is 0. The number of aliphatic carboxylic acids is 1. The molecule has 1 aromatic carbocycles. The van der Waals surface area contributed by atoms with Crippen LogP contribution in [0.3, 0.4) is 0 Å². The van der Waals surface area contributed by atoms with E-state index in [-0.39, 0.29) is 5.56 Å². The van der Waals surface area contributed by atoms with Crippen LogP contribution in [0.1, 0.15) is 37.7 Å². The Morgan fingerprint density at radius 2 is 1.89 bits per heavy atom. The van der Waals surface area contributed by atoms with Crippen molar-refractivity contribution in [3.8, 4) is 0 Å². The average molecular weight is 254 g/mol. The standard InChI is InChI=1S/C14H16F2O2/c1-8-5-6-9(14(17)18)10(7-8)13-11(15)3-2-4-12(13)16/h2-4,8-10H,5-7H2,1H3,(H,17,18). The van der Waals surface area contributed by atoms with E-state index in [9.17, 15) is 18.7 Å². The topological polar surface area (TPSA) is 37.3 Å². The van der Waals surface area contributed by atoms with E-state index in [1.54, 1.807) is 0 Å². The molecule has 4 heteroatoms. The van der Waals surface area contributed by atoms with Crippen LogP contribution in [0, 0.1) is 23.5 Å². The van der Waals surface area contributed by atoms with Crippen molar-refractivity contribution in [2.24, 2.45) is 11.8 Å². The van der Waals surface area contributed by atoms with Crippen LogP contribution >= 0.6 is 0 Å². The van der Waals surface area contributed by atoms with Gasteiger partial charge in [0.1, 0.15) is 11.6 Å². The van der Waals surface area contributed by atoms with Gasteiger partial charge in [0.2, 0.25) is 0 Å². The van der Waals surface area contributed by atoms with Crippen LogP contribution in [-0.4, -0.2) is 11.1 Å². The SMILES string of the molecule is CC1CCC(C(=O)O)C(c2c(F)cccc2F)C1. The fraction of sp³-hybridized carbons (Fsp3) is 0.500. The molecule has 0 aliphatic heterocycles. The van der Waals surface area contributed by atoms with Crippen LogP contribution in [0.25, 0.3) is 0 Å². The second-order valence-corrected chi connectivity index (χ2v) is 5.10. The first-order valence-corrected chi connectivity index (χ1v) is 6.17. The lowest BCUT2D eigenvalue weighted by molar-refractivity contribution is -0.143. The van der Waals surface area contributed by atoms with E-state index in [0.29, 0.717) is 18.8 Å². The number of carboxylic acids is 1. The Labute approximate surface area is 105 Å². The van der Waals surface area contributed by atoms with E-state index in [1.807, 2.05) is 6.92 Å². The largest absolute Gasteiger partial charge is 0.481 e. The number of benzene rings is 1. The van der Waals surface area contributed by atoms with E-state index in [4.69, 9.17) is 0 Å². The second-order valence-electron chi connectivity index (χ2n) is 5.10. The Hall–Kier alpha value is -1.45. The summed E-state index contributed by atoms with van der Waals surface area (Å²) >= 11 is 0. The molecule has 2 rings (SSSR count). The third-order valence-corrected chi connectivity index (χ3v) is 3.80. The highest BCUT2D eigenvalue weighted by Gasteiger charge is 2.37. The van der Waals surface area contributed by atoms with E-state index < -0.39 is 29.4 Å². The summed E-state index contributed by atoms with van der Waals surface area (Å²) in [5.41, 5.74) is -0.0588. The zero-order valence-electron chi connectivity index (χ0n) is 10.2. The molecule has 0 amide bonds. The van der Waals surface area contributed by atoms with Crippen molar-refractivity contribution < 1.29 is 18.7 Å². The van der Waals surface area contributed by atoms with Crippen LogP contribution in [0.4, 0.5) is 8.78 Å². The Morgan fingerprint density at radius 3 is 2.44 bits per heavy atom. The van der Waals surface area contributed by atoms with Gasteiger partial charge in [0, 0.05) is 11.5 Å². The van der Waals surface area contributed by atoms with E-state index in [2.05, 4.69) is 0 Å². The Bertz CT molecular complexity index is 439. The summed E-state index contributed by atoms with van der Waals surface area (Å²) in [6, 6.07) is 3.68. The molecule has 0 radical (unpaired) electrons. The van der Waals surface area contributed by atoms with E-state index in [0.717, 1.165) is 6.42 Å². The smallest absolute Gasteiger partial charge is 0.307 e. The van der Waals surface area contributed by atoms with Gasteiger partial charge in [-0.25, -0.2) is 8.78 Å². The highest BCUT2D eigenvalue weighted by molar-refractivity contribution is 5.71. The van der Waals surface area contributed by atoms with E-state index >= 15 is 0 Å². The molecule has 18 heavy (non-hydrogen) atoms. The van der Waals surface area contributed by atoms with Crippen LogP contribution in [-0.2, 0) is 4.79 Å². The summed E-state index contributed by atoms with van der Waals surface area (Å²) in [5.74, 6) is -3.19. The quantitative estimate of drug-likeness (QED) is 0.876. The number of carbonyl (C=O) groups is 1. The minimum absolute atomic E-state index is 0.0588. The van der Waals surface area contributed by atoms with Crippen LogP contribution in [0.15, 0.2) is 18.2 Å². The Morgan fingerprint density at radius 1 is 1.28 bits per heavy atom. The number of hydrogen-bond acceptors (Lipinski definition) is 1. The molecule has 0 spiro atoms. The molecule has 0 heterocycles. The molecule has 98 valence electrons. The average Bonchev–Trinajstić information content (AvgIpc) is 2.28. The predicted molar refractivity (Wildman–Crippen MR) is 63.2 cm³/mol. The summed E-state index contributed by atoms with van der Waals surface area (Å²) in [5, 5.41) is 9.19. The van der Waals surface area contributed by atoms with Gasteiger partial charge in [-0.2, -0.15) is 0 Å². The molecule has 0 aromatic heterocycles. The maximum Gasteiger partial charge on any atom is 0.307 e. The monoisotopic (exact) mass is 254 g/mol. The molecule has 1 aliphatic carbocycles. The van der Waals surface area contributed by atoms with Gasteiger partial charge in [-0.1, -0.05) is 13.0 Å². The first-order chi connectivity index (χ1) is 8.50. The second kappa shape index (κ2) is 5.04. The summed E-state index contributed by atoms with van der Waals surface area (Å²) < 4.78 is 27.5. The fourth-order valence-corrected chi connectivity index (χ4v) is 2.86. The summed E-state index contributed by atoms with van der Waals surface area (Å²) in [4.78, 5) is 11.2. The normalized spacial score (nSPS) is 28.1. The maximum absolute atomic E-state index is 13.8. The highest BCUT2D eigenvalue weighted by Crippen LogP contribution is 2.42. The summed E-state index contributed by atoms with van der Waals surface area (Å²) in [6.07, 6.45) is 1.80.